The number of amides is 1. The standard InChI is InChI=1S/C7H9Cl3N2O2/c1-3(13)4(6(14)12-2)5(11)7(8,9)10/h11,13H,1-2H3,(H,12,14). The molecule has 0 aromatic heterocycles. The van der Waals surface area contributed by atoms with Crippen molar-refractivity contribution in [1.29, 1.82) is 5.41 Å². The van der Waals surface area contributed by atoms with Crippen molar-refractivity contribution in [3.8, 4) is 0 Å². The summed E-state index contributed by atoms with van der Waals surface area (Å²) in [6.45, 7) is 1.23. The zero-order valence-corrected chi connectivity index (χ0v) is 9.76. The maximum absolute atomic E-state index is 11.2. The van der Waals surface area contributed by atoms with E-state index in [2.05, 4.69) is 5.32 Å². The van der Waals surface area contributed by atoms with E-state index in [0.29, 0.717) is 0 Å². The number of aliphatic hydroxyl groups excluding tert-OH is 1. The van der Waals surface area contributed by atoms with E-state index in [-0.39, 0.29) is 11.3 Å². The molecular weight excluding hydrogens is 250 g/mol. The van der Waals surface area contributed by atoms with E-state index in [1.165, 1.54) is 14.0 Å². The minimum absolute atomic E-state index is 0.340. The third-order valence-corrected chi connectivity index (χ3v) is 1.92. The lowest BCUT2D eigenvalue weighted by atomic mass is 10.1. The Morgan fingerprint density at radius 1 is 1.43 bits per heavy atom. The second kappa shape index (κ2) is 4.87. The summed E-state index contributed by atoms with van der Waals surface area (Å²) in [7, 11) is 1.34. The monoisotopic (exact) mass is 258 g/mol. The van der Waals surface area contributed by atoms with Crippen molar-refractivity contribution < 1.29 is 9.90 Å². The van der Waals surface area contributed by atoms with Gasteiger partial charge >= 0.3 is 0 Å². The zero-order valence-electron chi connectivity index (χ0n) is 7.49. The number of carbonyl (C=O) groups is 1. The number of allylic oxidation sites excluding steroid dienone is 1. The lowest BCUT2D eigenvalue weighted by molar-refractivity contribution is -0.116. The molecule has 0 aromatic carbocycles. The SMILES string of the molecule is CNC(=O)C(C(=N)C(Cl)(Cl)Cl)=C(C)O. The zero-order chi connectivity index (χ0) is 11.5. The molecule has 4 nitrogen and oxygen atoms in total. The summed E-state index contributed by atoms with van der Waals surface area (Å²) in [5.74, 6) is -1.05. The van der Waals surface area contributed by atoms with Crippen LogP contribution < -0.4 is 5.32 Å². The van der Waals surface area contributed by atoms with Gasteiger partial charge in [-0.2, -0.15) is 0 Å². The molecule has 0 aliphatic rings. The van der Waals surface area contributed by atoms with Crippen LogP contribution in [0.4, 0.5) is 0 Å². The first-order valence-corrected chi connectivity index (χ1v) is 4.63. The normalized spacial score (nSPS) is 13.2. The van der Waals surface area contributed by atoms with Crippen LogP contribution in [-0.4, -0.2) is 27.6 Å². The van der Waals surface area contributed by atoms with Gasteiger partial charge in [-0.1, -0.05) is 34.8 Å². The lowest BCUT2D eigenvalue weighted by Crippen LogP contribution is -2.32. The number of carbonyl (C=O) groups excluding carboxylic acids is 1. The molecule has 0 aliphatic carbocycles. The van der Waals surface area contributed by atoms with Crippen LogP contribution in [0.1, 0.15) is 6.92 Å². The van der Waals surface area contributed by atoms with Crippen LogP contribution in [0.15, 0.2) is 11.3 Å². The van der Waals surface area contributed by atoms with Gasteiger partial charge in [0, 0.05) is 7.05 Å². The first-order chi connectivity index (χ1) is 6.21. The van der Waals surface area contributed by atoms with Crippen molar-refractivity contribution in [2.45, 2.75) is 10.7 Å². The van der Waals surface area contributed by atoms with E-state index in [1.807, 2.05) is 0 Å². The third-order valence-electron chi connectivity index (χ3n) is 1.35. The minimum Gasteiger partial charge on any atom is -0.512 e. The maximum atomic E-state index is 11.2. The number of alkyl halides is 3. The highest BCUT2D eigenvalue weighted by Crippen LogP contribution is 2.31. The fourth-order valence-electron chi connectivity index (χ4n) is 0.725. The van der Waals surface area contributed by atoms with Crippen molar-refractivity contribution >= 4 is 46.4 Å². The molecule has 0 fully saturated rings. The molecule has 3 N–H and O–H groups in total. The molecule has 14 heavy (non-hydrogen) atoms. The van der Waals surface area contributed by atoms with Crippen LogP contribution in [0.5, 0.6) is 0 Å². The number of rotatable bonds is 2. The van der Waals surface area contributed by atoms with Crippen LogP contribution in [0, 0.1) is 5.41 Å². The second-order valence-electron chi connectivity index (χ2n) is 2.41. The van der Waals surface area contributed by atoms with E-state index in [0.717, 1.165) is 0 Å². The van der Waals surface area contributed by atoms with Gasteiger partial charge in [-0.05, 0) is 6.92 Å². The van der Waals surface area contributed by atoms with E-state index < -0.39 is 15.4 Å². The van der Waals surface area contributed by atoms with Gasteiger partial charge < -0.3 is 10.4 Å². The molecule has 0 rings (SSSR count). The highest BCUT2D eigenvalue weighted by molar-refractivity contribution is 6.78. The molecule has 0 heterocycles. The molecular formula is C7H9Cl3N2O2. The smallest absolute Gasteiger partial charge is 0.256 e. The predicted molar refractivity (Wildman–Crippen MR) is 57.4 cm³/mol. The highest BCUT2D eigenvalue weighted by atomic mass is 35.6. The number of hydrogen-bond acceptors (Lipinski definition) is 3. The maximum Gasteiger partial charge on any atom is 0.256 e. The summed E-state index contributed by atoms with van der Waals surface area (Å²) in [4.78, 5) is 11.2. The Morgan fingerprint density at radius 3 is 2.07 bits per heavy atom. The molecule has 1 amide bonds. The van der Waals surface area contributed by atoms with E-state index in [1.54, 1.807) is 0 Å². The van der Waals surface area contributed by atoms with Crippen LogP contribution in [0.25, 0.3) is 0 Å². The number of aliphatic hydroxyl groups is 1. The van der Waals surface area contributed by atoms with Crippen molar-refractivity contribution in [2.24, 2.45) is 0 Å². The molecule has 7 heteroatoms. The number of hydrogen-bond donors (Lipinski definition) is 3. The molecule has 0 atom stereocenters. The fraction of sp³-hybridized carbons (Fsp3) is 0.429. The Hall–Kier alpha value is -0.450. The molecule has 0 bridgehead atoms. The quantitative estimate of drug-likeness (QED) is 0.307. The van der Waals surface area contributed by atoms with Crippen molar-refractivity contribution in [3.63, 3.8) is 0 Å². The van der Waals surface area contributed by atoms with Crippen molar-refractivity contribution in [2.75, 3.05) is 7.05 Å². The van der Waals surface area contributed by atoms with Crippen LogP contribution in [0.2, 0.25) is 0 Å². The molecule has 0 aliphatic heterocycles. The summed E-state index contributed by atoms with van der Waals surface area (Å²) < 4.78 is -2.04. The number of halogens is 3. The molecule has 0 saturated heterocycles. The molecule has 0 aromatic rings. The number of nitrogens with one attached hydrogen (secondary N) is 2. The van der Waals surface area contributed by atoms with Gasteiger partial charge in [-0.3, -0.25) is 10.2 Å². The molecule has 0 saturated carbocycles. The van der Waals surface area contributed by atoms with Gasteiger partial charge in [0.1, 0.15) is 11.3 Å². The highest BCUT2D eigenvalue weighted by Gasteiger charge is 2.33. The van der Waals surface area contributed by atoms with Gasteiger partial charge in [0.2, 0.25) is 3.79 Å². The summed E-state index contributed by atoms with van der Waals surface area (Å²) in [6, 6.07) is 0. The van der Waals surface area contributed by atoms with Gasteiger partial charge in [-0.15, -0.1) is 0 Å². The summed E-state index contributed by atoms with van der Waals surface area (Å²) in [5.41, 5.74) is -0.908. The molecule has 0 radical (unpaired) electrons. The minimum atomic E-state index is -2.04. The number of likely N-dealkylation sites (N-methyl/N-ethyl adjacent to an activating group) is 1. The van der Waals surface area contributed by atoms with Crippen molar-refractivity contribution in [3.05, 3.63) is 11.3 Å². The van der Waals surface area contributed by atoms with Gasteiger partial charge in [0.25, 0.3) is 5.91 Å². The lowest BCUT2D eigenvalue weighted by Gasteiger charge is -2.15. The molecule has 0 spiro atoms. The largest absolute Gasteiger partial charge is 0.512 e. The molecule has 80 valence electrons. The van der Waals surface area contributed by atoms with Gasteiger partial charge in [-0.25, -0.2) is 0 Å². The van der Waals surface area contributed by atoms with Crippen molar-refractivity contribution in [1.82, 2.24) is 5.32 Å². The Kier molecular flexibility index (Phi) is 4.71. The topological polar surface area (TPSA) is 73.2 Å². The summed E-state index contributed by atoms with van der Waals surface area (Å²) in [6.07, 6.45) is 0. The first kappa shape index (κ1) is 13.5. The van der Waals surface area contributed by atoms with Crippen LogP contribution in [0.3, 0.4) is 0 Å². The third kappa shape index (κ3) is 3.36. The summed E-state index contributed by atoms with van der Waals surface area (Å²) >= 11 is 16.2. The fourth-order valence-corrected chi connectivity index (χ4v) is 1.01. The average molecular weight is 260 g/mol. The Balaban J connectivity index is 5.20. The van der Waals surface area contributed by atoms with E-state index >= 15 is 0 Å². The Labute approximate surface area is 96.3 Å². The summed E-state index contributed by atoms with van der Waals surface area (Å²) in [5, 5.41) is 18.8. The van der Waals surface area contributed by atoms with Gasteiger partial charge in [0.05, 0.1) is 5.71 Å². The van der Waals surface area contributed by atoms with Crippen LogP contribution in [-0.2, 0) is 4.79 Å². The Bertz CT molecular complexity index is 290. The average Bonchev–Trinajstić information content (AvgIpc) is 2.01. The van der Waals surface area contributed by atoms with E-state index in [9.17, 15) is 4.79 Å². The first-order valence-electron chi connectivity index (χ1n) is 3.49. The van der Waals surface area contributed by atoms with Crippen LogP contribution >= 0.6 is 34.8 Å². The Morgan fingerprint density at radius 2 is 1.86 bits per heavy atom. The second-order valence-corrected chi connectivity index (χ2v) is 4.69. The predicted octanol–water partition coefficient (Wildman–Crippen LogP) is 1.95. The van der Waals surface area contributed by atoms with E-state index in [4.69, 9.17) is 45.3 Å². The van der Waals surface area contributed by atoms with Gasteiger partial charge in [0.15, 0.2) is 0 Å². The molecule has 0 unspecified atom stereocenters.